The molecule has 0 saturated carbocycles. The van der Waals surface area contributed by atoms with Crippen LogP contribution in [-0.2, 0) is 36.8 Å². The van der Waals surface area contributed by atoms with Gasteiger partial charge in [-0.15, -0.1) is 0 Å². The predicted octanol–water partition coefficient (Wildman–Crippen LogP) is -0.618. The first-order valence-electron chi connectivity index (χ1n) is 18.8. The van der Waals surface area contributed by atoms with Gasteiger partial charge >= 0.3 is 0 Å². The number of aliphatic imine (C=N–C) groups is 2. The maximum Gasteiger partial charge on any atom is 0.246 e. The van der Waals surface area contributed by atoms with E-state index >= 15 is 0 Å². The van der Waals surface area contributed by atoms with E-state index in [2.05, 4.69) is 31.3 Å². The second-order valence-corrected chi connectivity index (χ2v) is 14.1. The molecule has 298 valence electrons. The van der Waals surface area contributed by atoms with Gasteiger partial charge in [0.1, 0.15) is 36.0 Å². The van der Waals surface area contributed by atoms with Crippen molar-refractivity contribution in [3.05, 3.63) is 77.9 Å². The summed E-state index contributed by atoms with van der Waals surface area (Å²) in [6, 6.07) is 14.2. The Hall–Kier alpha value is -6.39. The number of rotatable bonds is 12. The number of nitrogens with two attached hydrogens (primary N) is 4. The summed E-state index contributed by atoms with van der Waals surface area (Å²) in [7, 11) is 0. The van der Waals surface area contributed by atoms with Gasteiger partial charge in [0, 0.05) is 32.5 Å². The van der Waals surface area contributed by atoms with Gasteiger partial charge in [-0.3, -0.25) is 34.0 Å². The quantitative estimate of drug-likeness (QED) is 0.0640. The van der Waals surface area contributed by atoms with E-state index in [1.54, 1.807) is 12.1 Å². The Morgan fingerprint density at radius 1 is 0.643 bits per heavy atom. The van der Waals surface area contributed by atoms with Crippen molar-refractivity contribution < 1.29 is 29.1 Å². The van der Waals surface area contributed by atoms with Crippen LogP contribution in [0.5, 0.6) is 5.75 Å². The zero-order chi connectivity index (χ0) is 40.2. The first-order chi connectivity index (χ1) is 26.9. The minimum absolute atomic E-state index is 0.0128. The van der Waals surface area contributed by atoms with Crippen LogP contribution in [0.1, 0.15) is 49.7 Å². The van der Waals surface area contributed by atoms with Crippen LogP contribution < -0.4 is 44.2 Å². The van der Waals surface area contributed by atoms with Gasteiger partial charge in [-0.2, -0.15) is 0 Å². The number of aromatic hydroxyl groups is 1. The van der Waals surface area contributed by atoms with Crippen molar-refractivity contribution in [2.45, 2.75) is 81.6 Å². The van der Waals surface area contributed by atoms with Crippen LogP contribution in [-0.4, -0.2) is 101 Å². The average molecular weight is 770 g/mol. The first-order valence-corrected chi connectivity index (χ1v) is 18.8. The molecule has 0 unspecified atom stereocenters. The SMILES string of the molecule is NC(N)=NCCC[C@@H]1NC(=O)[C@@H](Cc2ccc(O)cc2)NC(=O)[C@@H]2CCCN2C(=O)[C@H](Cc2ccc3ccccc3c2)NC(=O)[C@@H](CCCN=C(N)N)NC1=O. The fourth-order valence-electron chi connectivity index (χ4n) is 7.01. The maximum absolute atomic E-state index is 14.5. The highest BCUT2D eigenvalue weighted by Crippen LogP contribution is 2.23. The van der Waals surface area contributed by atoms with Crippen molar-refractivity contribution >= 4 is 52.2 Å². The number of benzene rings is 3. The fraction of sp³-hybridized carbons (Fsp3) is 0.410. The summed E-state index contributed by atoms with van der Waals surface area (Å²) in [5.41, 5.74) is 23.4. The number of carbonyl (C=O) groups excluding carboxylic acids is 5. The Morgan fingerprint density at radius 2 is 1.16 bits per heavy atom. The van der Waals surface area contributed by atoms with E-state index in [1.807, 2.05) is 42.5 Å². The molecule has 56 heavy (non-hydrogen) atoms. The lowest BCUT2D eigenvalue weighted by Gasteiger charge is -2.30. The van der Waals surface area contributed by atoms with Gasteiger partial charge in [0.15, 0.2) is 11.9 Å². The van der Waals surface area contributed by atoms with Crippen LogP contribution in [0.15, 0.2) is 76.7 Å². The summed E-state index contributed by atoms with van der Waals surface area (Å²) >= 11 is 0. The van der Waals surface area contributed by atoms with Crippen LogP contribution in [0.2, 0.25) is 0 Å². The Balaban J connectivity index is 1.53. The highest BCUT2D eigenvalue weighted by molar-refractivity contribution is 5.98. The van der Waals surface area contributed by atoms with E-state index in [1.165, 1.54) is 17.0 Å². The largest absolute Gasteiger partial charge is 0.508 e. The number of phenolic OH excluding ortho intramolecular Hbond substituents is 1. The van der Waals surface area contributed by atoms with Gasteiger partial charge in [0.05, 0.1) is 0 Å². The number of carbonyl (C=O) groups is 5. The van der Waals surface area contributed by atoms with Crippen molar-refractivity contribution in [1.82, 2.24) is 26.2 Å². The van der Waals surface area contributed by atoms with Gasteiger partial charge in [-0.1, -0.05) is 54.6 Å². The molecule has 13 N–H and O–H groups in total. The molecule has 2 fully saturated rings. The van der Waals surface area contributed by atoms with Crippen molar-refractivity contribution in [3.8, 4) is 5.75 Å². The van der Waals surface area contributed by atoms with Gasteiger partial charge in [-0.05, 0) is 72.6 Å². The lowest BCUT2D eigenvalue weighted by molar-refractivity contribution is -0.142. The van der Waals surface area contributed by atoms with E-state index in [4.69, 9.17) is 22.9 Å². The normalized spacial score (nSPS) is 22.1. The van der Waals surface area contributed by atoms with Crippen molar-refractivity contribution in [1.29, 1.82) is 0 Å². The first kappa shape index (κ1) is 40.8. The molecule has 5 rings (SSSR count). The van der Waals surface area contributed by atoms with Crippen molar-refractivity contribution in [3.63, 3.8) is 0 Å². The van der Waals surface area contributed by atoms with E-state index in [-0.39, 0.29) is 69.4 Å². The van der Waals surface area contributed by atoms with E-state index < -0.39 is 59.7 Å². The number of phenols is 1. The number of amides is 5. The van der Waals surface area contributed by atoms with E-state index in [0.717, 1.165) is 16.3 Å². The van der Waals surface area contributed by atoms with Crippen LogP contribution in [0.25, 0.3) is 10.8 Å². The molecule has 2 heterocycles. The molecule has 0 bridgehead atoms. The summed E-state index contributed by atoms with van der Waals surface area (Å²) < 4.78 is 0. The highest BCUT2D eigenvalue weighted by Gasteiger charge is 2.40. The summed E-state index contributed by atoms with van der Waals surface area (Å²) in [4.78, 5) is 80.4. The molecule has 0 aromatic heterocycles. The Bertz CT molecular complexity index is 1940. The summed E-state index contributed by atoms with van der Waals surface area (Å²) in [5, 5.41) is 23.1. The minimum atomic E-state index is -1.17. The number of nitrogens with one attached hydrogen (secondary N) is 4. The highest BCUT2D eigenvalue weighted by atomic mass is 16.3. The van der Waals surface area contributed by atoms with E-state index in [9.17, 15) is 29.1 Å². The average Bonchev–Trinajstić information content (AvgIpc) is 3.67. The molecular weight excluding hydrogens is 718 g/mol. The topological polar surface area (TPSA) is 286 Å². The standard InChI is InChI=1S/C39H51N11O6/c40-38(41)44-17-3-8-28-33(52)46-29(9-4-18-45-39(42)43)34(53)49-31(22-24-11-14-25-6-1-2-7-26(25)20-24)37(56)50-19-5-10-32(50)36(55)48-30(35(54)47-28)21-23-12-15-27(51)16-13-23/h1-2,6-7,11-16,20,28-32,51H,3-5,8-10,17-19,21-22H2,(H,46,52)(H,47,54)(H,48,55)(H,49,53)(H4,40,41,44)(H4,42,43,45)/t28-,29+,30+,31-,32-/m0/s1. The molecule has 0 aliphatic carbocycles. The summed E-state index contributed by atoms with van der Waals surface area (Å²) in [6.45, 7) is 0.586. The Morgan fingerprint density at radius 3 is 1.77 bits per heavy atom. The molecule has 17 heteroatoms. The molecule has 2 saturated heterocycles. The molecule has 3 aromatic rings. The Kier molecular flexibility index (Phi) is 14.0. The van der Waals surface area contributed by atoms with Gasteiger partial charge in [0.2, 0.25) is 29.5 Å². The zero-order valence-corrected chi connectivity index (χ0v) is 31.2. The lowest BCUT2D eigenvalue weighted by atomic mass is 9.99. The van der Waals surface area contributed by atoms with Crippen LogP contribution >= 0.6 is 0 Å². The number of guanidine groups is 2. The molecular formula is C39H51N11O6. The zero-order valence-electron chi connectivity index (χ0n) is 31.2. The number of nitrogens with zero attached hydrogens (tertiary/aromatic N) is 3. The van der Waals surface area contributed by atoms with Crippen LogP contribution in [0.3, 0.4) is 0 Å². The van der Waals surface area contributed by atoms with Crippen molar-refractivity contribution in [2.75, 3.05) is 19.6 Å². The molecule has 2 aliphatic heterocycles. The number of hydrogen-bond acceptors (Lipinski definition) is 8. The molecule has 0 spiro atoms. The van der Waals surface area contributed by atoms with Crippen LogP contribution in [0, 0.1) is 0 Å². The molecule has 5 amide bonds. The lowest BCUT2D eigenvalue weighted by Crippen LogP contribution is -2.58. The van der Waals surface area contributed by atoms with Gasteiger partial charge < -0.3 is 54.2 Å². The monoisotopic (exact) mass is 769 g/mol. The third kappa shape index (κ3) is 11.3. The Labute approximate surface area is 324 Å². The second kappa shape index (κ2) is 19.3. The summed E-state index contributed by atoms with van der Waals surface area (Å²) in [6.07, 6.45) is 1.73. The molecule has 17 nitrogen and oxygen atoms in total. The van der Waals surface area contributed by atoms with Gasteiger partial charge in [-0.25, -0.2) is 0 Å². The second-order valence-electron chi connectivity index (χ2n) is 14.1. The summed E-state index contributed by atoms with van der Waals surface area (Å²) in [5.74, 6) is -3.23. The predicted molar refractivity (Wildman–Crippen MR) is 212 cm³/mol. The molecule has 5 atom stereocenters. The fourth-order valence-corrected chi connectivity index (χ4v) is 7.01. The van der Waals surface area contributed by atoms with Crippen molar-refractivity contribution in [2.24, 2.45) is 32.9 Å². The van der Waals surface area contributed by atoms with E-state index in [0.29, 0.717) is 24.8 Å². The number of hydrogen-bond donors (Lipinski definition) is 9. The number of fused-ring (bicyclic) bond motifs is 2. The van der Waals surface area contributed by atoms with Crippen LogP contribution in [0.4, 0.5) is 0 Å². The van der Waals surface area contributed by atoms with Gasteiger partial charge in [0.25, 0.3) is 0 Å². The maximum atomic E-state index is 14.5. The molecule has 2 aliphatic rings. The molecule has 0 radical (unpaired) electrons. The minimum Gasteiger partial charge on any atom is -0.508 e. The third-order valence-corrected chi connectivity index (χ3v) is 9.87. The third-order valence-electron chi connectivity index (χ3n) is 9.87. The smallest absolute Gasteiger partial charge is 0.246 e. The molecule has 3 aromatic carbocycles.